The molecular weight excluding hydrogens is 448 g/mol. The summed E-state index contributed by atoms with van der Waals surface area (Å²) < 4.78 is 28.6. The number of anilines is 1. The molecule has 3 aromatic rings. The molecule has 2 amide bonds. The smallest absolute Gasteiger partial charge is 0.321 e. The van der Waals surface area contributed by atoms with E-state index in [1.54, 1.807) is 11.4 Å². The van der Waals surface area contributed by atoms with Gasteiger partial charge in [-0.15, -0.1) is 17.8 Å². The summed E-state index contributed by atoms with van der Waals surface area (Å²) in [6.45, 7) is -0.444. The first-order valence-electron chi connectivity index (χ1n) is 9.86. The Hall–Kier alpha value is -3.86. The highest BCUT2D eigenvalue weighted by Crippen LogP contribution is 2.51. The van der Waals surface area contributed by atoms with Crippen molar-refractivity contribution in [2.24, 2.45) is 0 Å². The molecule has 0 aliphatic heterocycles. The first-order chi connectivity index (χ1) is 15.9. The van der Waals surface area contributed by atoms with E-state index in [0.717, 1.165) is 6.07 Å². The molecule has 1 fully saturated rings. The molecule has 2 aromatic heterocycles. The molecule has 1 atom stereocenters. The van der Waals surface area contributed by atoms with Crippen molar-refractivity contribution in [2.45, 2.75) is 24.3 Å². The van der Waals surface area contributed by atoms with E-state index in [0.29, 0.717) is 34.7 Å². The summed E-state index contributed by atoms with van der Waals surface area (Å²) in [5.41, 5.74) is 0.193. The normalized spacial score (nSPS) is 14.6. The van der Waals surface area contributed by atoms with E-state index in [1.807, 2.05) is 0 Å². The van der Waals surface area contributed by atoms with Crippen LogP contribution in [0.2, 0.25) is 0 Å². The summed E-state index contributed by atoms with van der Waals surface area (Å²) >= 11 is 1.20. The van der Waals surface area contributed by atoms with Crippen LogP contribution in [0.5, 0.6) is 0 Å². The van der Waals surface area contributed by atoms with Gasteiger partial charge >= 0.3 is 6.03 Å². The second-order valence-electron chi connectivity index (χ2n) is 7.49. The first-order valence-corrected chi connectivity index (χ1v) is 10.7. The summed E-state index contributed by atoms with van der Waals surface area (Å²) in [6.07, 6.45) is 7.68. The van der Waals surface area contributed by atoms with Crippen LogP contribution >= 0.6 is 11.3 Å². The van der Waals surface area contributed by atoms with E-state index in [2.05, 4.69) is 32.6 Å². The van der Waals surface area contributed by atoms with Gasteiger partial charge in [0, 0.05) is 28.8 Å². The standard InChI is InChI=1S/C23H17F2N5O2S/c1-2-20-29-19(11-33-20)30-22(32)28-18(10-31)17-4-3-13(9-27-17)21-15(23(12-26)5-6-23)7-14(24)8-16(21)25/h1,3-4,7-9,11,18,31H,5-6,10H2,(H2,28,30,32). The molecule has 33 heavy (non-hydrogen) atoms. The minimum Gasteiger partial charge on any atom is -0.394 e. The summed E-state index contributed by atoms with van der Waals surface area (Å²) in [5, 5.41) is 26.3. The van der Waals surface area contributed by atoms with Crippen molar-refractivity contribution >= 4 is 23.2 Å². The maximum atomic E-state index is 14.7. The number of urea groups is 1. The lowest BCUT2D eigenvalue weighted by atomic mass is 9.89. The molecule has 10 heteroatoms. The lowest BCUT2D eigenvalue weighted by molar-refractivity contribution is 0.224. The minimum atomic E-state index is -0.904. The molecule has 166 valence electrons. The van der Waals surface area contributed by atoms with Crippen LogP contribution in [0.3, 0.4) is 0 Å². The molecule has 0 bridgehead atoms. The van der Waals surface area contributed by atoms with Gasteiger partial charge in [-0.25, -0.2) is 18.6 Å². The topological polar surface area (TPSA) is 111 Å². The number of hydrogen-bond donors (Lipinski definition) is 3. The molecule has 1 saturated carbocycles. The number of thiazole rings is 1. The Balaban J connectivity index is 1.55. The molecule has 1 aliphatic rings. The molecule has 0 saturated heterocycles. The quantitative estimate of drug-likeness (QED) is 0.479. The largest absolute Gasteiger partial charge is 0.394 e. The number of pyridine rings is 1. The van der Waals surface area contributed by atoms with Gasteiger partial charge in [0.15, 0.2) is 5.01 Å². The SMILES string of the molecule is C#Cc1nc(NC(=O)NC(CO)c2ccc(-c3c(F)cc(F)cc3C3(C#N)CC3)cn2)cs1. The van der Waals surface area contributed by atoms with E-state index in [-0.39, 0.29) is 11.4 Å². The molecule has 3 N–H and O–H groups in total. The van der Waals surface area contributed by atoms with Gasteiger partial charge in [-0.3, -0.25) is 10.3 Å². The zero-order valence-corrected chi connectivity index (χ0v) is 17.9. The van der Waals surface area contributed by atoms with Crippen LogP contribution in [-0.2, 0) is 5.41 Å². The number of halogens is 2. The lowest BCUT2D eigenvalue weighted by Crippen LogP contribution is -2.34. The van der Waals surface area contributed by atoms with Crippen molar-refractivity contribution in [2.75, 3.05) is 11.9 Å². The third kappa shape index (κ3) is 4.53. The maximum absolute atomic E-state index is 14.7. The van der Waals surface area contributed by atoms with Gasteiger partial charge in [0.25, 0.3) is 0 Å². The zero-order valence-electron chi connectivity index (χ0n) is 17.1. The van der Waals surface area contributed by atoms with Gasteiger partial charge in [0.05, 0.1) is 29.8 Å². The van der Waals surface area contributed by atoms with Crippen molar-refractivity contribution in [3.63, 3.8) is 0 Å². The predicted molar refractivity (Wildman–Crippen MR) is 118 cm³/mol. The predicted octanol–water partition coefficient (Wildman–Crippen LogP) is 3.87. The Labute approximate surface area is 192 Å². The van der Waals surface area contributed by atoms with Crippen LogP contribution in [0.4, 0.5) is 19.4 Å². The Bertz CT molecular complexity index is 1290. The summed E-state index contributed by atoms with van der Waals surface area (Å²) in [5.74, 6) is 1.11. The molecule has 1 aliphatic carbocycles. The molecule has 1 unspecified atom stereocenters. The van der Waals surface area contributed by atoms with Crippen LogP contribution in [-0.4, -0.2) is 27.7 Å². The Morgan fingerprint density at radius 3 is 2.73 bits per heavy atom. The summed E-state index contributed by atoms with van der Waals surface area (Å²) in [6, 6.07) is 5.73. The van der Waals surface area contributed by atoms with Crippen LogP contribution in [0.25, 0.3) is 11.1 Å². The van der Waals surface area contributed by atoms with E-state index >= 15 is 0 Å². The number of nitriles is 1. The molecular formula is C23H17F2N5O2S. The molecule has 4 rings (SSSR count). The van der Waals surface area contributed by atoms with Crippen LogP contribution in [0.1, 0.15) is 35.1 Å². The van der Waals surface area contributed by atoms with E-state index in [9.17, 15) is 23.9 Å². The average Bonchev–Trinajstić information content (AvgIpc) is 3.49. The van der Waals surface area contributed by atoms with Crippen molar-refractivity contribution in [3.8, 4) is 29.5 Å². The fraction of sp³-hybridized carbons (Fsp3) is 0.217. The van der Waals surface area contributed by atoms with Crippen molar-refractivity contribution in [3.05, 3.63) is 63.7 Å². The number of nitrogens with one attached hydrogen (secondary N) is 2. The fourth-order valence-corrected chi connectivity index (χ4v) is 4.05. The number of rotatable bonds is 6. The van der Waals surface area contributed by atoms with Gasteiger partial charge in [-0.05, 0) is 36.5 Å². The number of aromatic nitrogens is 2. The number of aliphatic hydroxyl groups is 1. The van der Waals surface area contributed by atoms with Crippen LogP contribution in [0.15, 0.2) is 35.8 Å². The van der Waals surface area contributed by atoms with Crippen molar-refractivity contribution in [1.29, 1.82) is 5.26 Å². The number of nitrogens with zero attached hydrogens (tertiary/aromatic N) is 3. The Morgan fingerprint density at radius 2 is 2.15 bits per heavy atom. The highest BCUT2D eigenvalue weighted by molar-refractivity contribution is 7.10. The van der Waals surface area contributed by atoms with E-state index in [4.69, 9.17) is 6.42 Å². The highest BCUT2D eigenvalue weighted by Gasteiger charge is 2.47. The van der Waals surface area contributed by atoms with Crippen molar-refractivity contribution in [1.82, 2.24) is 15.3 Å². The van der Waals surface area contributed by atoms with Gasteiger partial charge in [-0.1, -0.05) is 6.07 Å². The average molecular weight is 465 g/mol. The number of carbonyl (C=O) groups excluding carboxylic acids is 1. The van der Waals surface area contributed by atoms with Crippen molar-refractivity contribution < 1.29 is 18.7 Å². The molecule has 7 nitrogen and oxygen atoms in total. The van der Waals surface area contributed by atoms with E-state index < -0.39 is 35.7 Å². The third-order valence-electron chi connectivity index (χ3n) is 5.32. The summed E-state index contributed by atoms with van der Waals surface area (Å²) in [7, 11) is 0. The van der Waals surface area contributed by atoms with Gasteiger partial charge in [-0.2, -0.15) is 5.26 Å². The molecule has 0 radical (unpaired) electrons. The number of benzene rings is 1. The van der Waals surface area contributed by atoms with Gasteiger partial charge in [0.1, 0.15) is 17.5 Å². The minimum absolute atomic E-state index is 0.119. The Morgan fingerprint density at radius 1 is 1.36 bits per heavy atom. The summed E-state index contributed by atoms with van der Waals surface area (Å²) in [4.78, 5) is 20.5. The number of carbonyl (C=O) groups is 1. The highest BCUT2D eigenvalue weighted by atomic mass is 32.1. The number of amides is 2. The second-order valence-corrected chi connectivity index (χ2v) is 8.35. The first kappa shape index (κ1) is 22.3. The van der Waals surface area contributed by atoms with Gasteiger partial charge < -0.3 is 10.4 Å². The van der Waals surface area contributed by atoms with E-state index in [1.165, 1.54) is 29.7 Å². The second kappa shape index (κ2) is 8.94. The number of terminal acetylenes is 1. The molecule has 1 aromatic carbocycles. The molecule has 0 spiro atoms. The zero-order chi connectivity index (χ0) is 23.6. The van der Waals surface area contributed by atoms with Crippen LogP contribution < -0.4 is 10.6 Å². The fourth-order valence-electron chi connectivity index (χ4n) is 3.49. The van der Waals surface area contributed by atoms with Crippen LogP contribution in [0, 0.1) is 35.3 Å². The van der Waals surface area contributed by atoms with Gasteiger partial charge in [0.2, 0.25) is 0 Å². The third-order valence-corrected chi connectivity index (χ3v) is 6.10. The molecule has 2 heterocycles. The Kier molecular flexibility index (Phi) is 6.05. The lowest BCUT2D eigenvalue weighted by Gasteiger charge is -2.18. The number of hydrogen-bond acceptors (Lipinski definition) is 6. The monoisotopic (exact) mass is 465 g/mol. The maximum Gasteiger partial charge on any atom is 0.321 e. The number of aliphatic hydroxyl groups excluding tert-OH is 1.